The smallest absolute Gasteiger partial charge is 0.504 e. The second kappa shape index (κ2) is 15.3. The third-order valence-corrected chi connectivity index (χ3v) is 11.2. The second-order valence-electron chi connectivity index (χ2n) is 14.1. The maximum atomic E-state index is 13.8. The molecular weight excluding hydrogens is 725 g/mol. The number of thiocarbonyl (C=S) groups is 1. The number of phenolic OH excluding ortho intramolecular Hbond substituents is 1. The molecule has 6 atom stereocenters. The molecule has 4 N–H and O–H groups in total. The van der Waals surface area contributed by atoms with Crippen LogP contribution in [-0.4, -0.2) is 90.4 Å². The monoisotopic (exact) mass is 768 g/mol. The maximum Gasteiger partial charge on any atom is 0.514 e. The Bertz CT molecular complexity index is 2090. The Morgan fingerprint density at radius 3 is 2.60 bits per heavy atom. The molecule has 0 radical (unpaired) electrons. The van der Waals surface area contributed by atoms with Crippen molar-refractivity contribution in [2.24, 2.45) is 0 Å². The van der Waals surface area contributed by atoms with E-state index in [1.165, 1.54) is 13.2 Å². The molecule has 3 aromatic rings. The molecule has 1 saturated heterocycles. The van der Waals surface area contributed by atoms with E-state index in [-0.39, 0.29) is 54.9 Å². The van der Waals surface area contributed by atoms with Gasteiger partial charge in [-0.3, -0.25) is 14.6 Å². The molecule has 0 aromatic heterocycles. The van der Waals surface area contributed by atoms with Crippen LogP contribution in [0, 0.1) is 25.2 Å². The molecule has 2 bridgehead atoms. The number of likely N-dealkylation sites (N-methyl/N-ethyl adjacent to an activating group) is 1. The Kier molecular flexibility index (Phi) is 10.5. The first-order valence-corrected chi connectivity index (χ1v) is 18.5. The lowest BCUT2D eigenvalue weighted by molar-refractivity contribution is -0.123. The third kappa shape index (κ3) is 6.64. The van der Waals surface area contributed by atoms with Crippen LogP contribution in [-0.2, 0) is 22.4 Å². The van der Waals surface area contributed by atoms with Crippen LogP contribution in [0.5, 0.6) is 28.7 Å². The highest BCUT2D eigenvalue weighted by atomic mass is 32.1. The zero-order valence-electron chi connectivity index (χ0n) is 31.3. The van der Waals surface area contributed by atoms with Gasteiger partial charge in [0, 0.05) is 46.6 Å². The van der Waals surface area contributed by atoms with Crippen molar-refractivity contribution in [3.63, 3.8) is 0 Å². The summed E-state index contributed by atoms with van der Waals surface area (Å²) in [5, 5.41) is 32.3. The van der Waals surface area contributed by atoms with Gasteiger partial charge in [0.2, 0.25) is 12.7 Å². The highest BCUT2D eigenvalue weighted by Gasteiger charge is 2.57. The van der Waals surface area contributed by atoms with Crippen molar-refractivity contribution < 1.29 is 38.4 Å². The van der Waals surface area contributed by atoms with Crippen molar-refractivity contribution in [1.82, 2.24) is 20.4 Å². The minimum absolute atomic E-state index is 0.0455. The van der Waals surface area contributed by atoms with E-state index in [2.05, 4.69) is 38.4 Å². The summed E-state index contributed by atoms with van der Waals surface area (Å²) < 4.78 is 29.0. The van der Waals surface area contributed by atoms with Gasteiger partial charge in [0.15, 0.2) is 28.1 Å². The van der Waals surface area contributed by atoms with Gasteiger partial charge in [-0.25, -0.2) is 4.79 Å². The predicted molar refractivity (Wildman–Crippen MR) is 207 cm³/mol. The molecule has 14 nitrogen and oxygen atoms in total. The fraction of sp³-hybridized carbons (Fsp3) is 0.400. The number of nitriles is 1. The summed E-state index contributed by atoms with van der Waals surface area (Å²) in [4.78, 5) is 31.1. The summed E-state index contributed by atoms with van der Waals surface area (Å²) in [5.74, 6) is 1.20. The van der Waals surface area contributed by atoms with Crippen LogP contribution in [0.1, 0.15) is 52.4 Å². The molecule has 55 heavy (non-hydrogen) atoms. The van der Waals surface area contributed by atoms with E-state index >= 15 is 0 Å². The SMILES string of the molecule is C=CCOC(=O)Oc1c(C)c2c(c3c1CC1[C@H]4c5c(cc(C)c(OC)c5O)C[C@@H]([C@H](C#N)N1[C@H]3CNC(=O)[C@@H](C)NC(=S)Nc1ccccc1)N4C)OCO2. The fourth-order valence-electron chi connectivity index (χ4n) is 8.71. The van der Waals surface area contributed by atoms with Gasteiger partial charge in [-0.1, -0.05) is 36.9 Å². The van der Waals surface area contributed by atoms with Crippen LogP contribution in [0.15, 0.2) is 49.1 Å². The molecule has 0 aliphatic carbocycles. The first kappa shape index (κ1) is 37.7. The molecule has 1 fully saturated rings. The number of piperazine rings is 1. The average molecular weight is 769 g/mol. The number of nitrogens with one attached hydrogen (secondary N) is 3. The van der Waals surface area contributed by atoms with Crippen molar-refractivity contribution in [3.05, 3.63) is 82.4 Å². The largest absolute Gasteiger partial charge is 0.514 e. The molecule has 7 rings (SSSR count). The van der Waals surface area contributed by atoms with Gasteiger partial charge in [-0.2, -0.15) is 5.26 Å². The summed E-state index contributed by atoms with van der Waals surface area (Å²) in [5.41, 5.74) is 5.03. The quantitative estimate of drug-likeness (QED) is 0.102. The highest BCUT2D eigenvalue weighted by Crippen LogP contribution is 2.58. The van der Waals surface area contributed by atoms with Crippen LogP contribution in [0.4, 0.5) is 10.5 Å². The Labute approximate surface area is 324 Å². The number of anilines is 1. The number of carbonyl (C=O) groups excluding carboxylic acids is 2. The molecule has 4 aliphatic heterocycles. The van der Waals surface area contributed by atoms with E-state index in [9.17, 15) is 20.0 Å². The third-order valence-electron chi connectivity index (χ3n) is 11.0. The van der Waals surface area contributed by atoms with Gasteiger partial charge in [0.25, 0.3) is 0 Å². The molecular formula is C40H44N6O8S. The van der Waals surface area contributed by atoms with Crippen molar-refractivity contribution in [2.75, 3.05) is 39.4 Å². The van der Waals surface area contributed by atoms with Gasteiger partial charge >= 0.3 is 6.16 Å². The van der Waals surface area contributed by atoms with Crippen LogP contribution in [0.2, 0.25) is 0 Å². The first-order valence-electron chi connectivity index (χ1n) is 18.1. The molecule has 0 saturated carbocycles. The lowest BCUT2D eigenvalue weighted by Crippen LogP contribution is -2.69. The minimum atomic E-state index is -0.923. The number of benzene rings is 3. The highest BCUT2D eigenvalue weighted by molar-refractivity contribution is 7.80. The Balaban J connectivity index is 1.32. The number of ether oxygens (including phenoxy) is 5. The molecule has 288 valence electrons. The van der Waals surface area contributed by atoms with Crippen LogP contribution < -0.4 is 34.9 Å². The fourth-order valence-corrected chi connectivity index (χ4v) is 9.00. The number of hydrogen-bond acceptors (Lipinski definition) is 12. The van der Waals surface area contributed by atoms with E-state index in [4.69, 9.17) is 35.9 Å². The Hall–Kier alpha value is -5.56. The van der Waals surface area contributed by atoms with E-state index < -0.39 is 36.4 Å². The molecule has 1 unspecified atom stereocenters. The zero-order valence-corrected chi connectivity index (χ0v) is 32.1. The van der Waals surface area contributed by atoms with Crippen molar-refractivity contribution in [1.29, 1.82) is 5.26 Å². The second-order valence-corrected chi connectivity index (χ2v) is 14.5. The summed E-state index contributed by atoms with van der Waals surface area (Å²) >= 11 is 5.50. The van der Waals surface area contributed by atoms with Crippen LogP contribution in [0.25, 0.3) is 0 Å². The number of aryl methyl sites for hydroxylation is 1. The molecule has 4 aliphatic rings. The van der Waals surface area contributed by atoms with Gasteiger partial charge in [-0.05, 0) is 76.1 Å². The number of fused-ring (bicyclic) bond motifs is 9. The number of carbonyl (C=O) groups is 2. The number of amides is 1. The number of rotatable bonds is 9. The van der Waals surface area contributed by atoms with Crippen molar-refractivity contribution in [3.8, 4) is 34.8 Å². The first-order chi connectivity index (χ1) is 26.5. The number of phenols is 1. The van der Waals surface area contributed by atoms with Gasteiger partial charge in [0.1, 0.15) is 24.4 Å². The topological polar surface area (TPSA) is 167 Å². The average Bonchev–Trinajstić information content (AvgIpc) is 3.65. The standard InChI is InChI=1S/C40H44N6O8S/c1-7-13-51-40(49)54-35-21(3)36-37(53-19-52-36)31-25(35)16-27-32-30-23(14-20(2)34(50-6)33(30)47)15-26(45(32)5)28(17-41)46(27)29(31)18-42-38(48)22(4)43-39(55)44-24-11-9-8-10-12-24/h7-12,14,22,26-29,32,47H,1,13,15-16,18-19H2,2-6H3,(H,42,48)(H2,43,44,55)/t22-,26+,27?,28+,29+,32+/m1/s1. The molecule has 4 heterocycles. The van der Waals surface area contributed by atoms with Crippen molar-refractivity contribution in [2.45, 2.75) is 69.9 Å². The lowest BCUT2D eigenvalue weighted by atomic mass is 9.71. The van der Waals surface area contributed by atoms with Gasteiger partial charge < -0.3 is 44.7 Å². The zero-order chi connectivity index (χ0) is 39.1. The molecule has 15 heteroatoms. The van der Waals surface area contributed by atoms with E-state index in [0.717, 1.165) is 16.8 Å². The Morgan fingerprint density at radius 1 is 1.15 bits per heavy atom. The number of para-hydroxylation sites is 1. The van der Waals surface area contributed by atoms with Gasteiger partial charge in [0.05, 0.1) is 25.3 Å². The number of hydrogen-bond donors (Lipinski definition) is 4. The van der Waals surface area contributed by atoms with E-state index in [0.29, 0.717) is 45.9 Å². The van der Waals surface area contributed by atoms with E-state index in [1.807, 2.05) is 50.4 Å². The summed E-state index contributed by atoms with van der Waals surface area (Å²) in [6.45, 7) is 8.92. The number of aromatic hydroxyl groups is 1. The molecule has 3 aromatic carbocycles. The number of methoxy groups -OCH3 is 1. The minimum Gasteiger partial charge on any atom is -0.504 e. The summed E-state index contributed by atoms with van der Waals surface area (Å²) in [6.07, 6.45) is 1.30. The van der Waals surface area contributed by atoms with Crippen molar-refractivity contribution >= 4 is 35.1 Å². The normalized spacial score (nSPS) is 22.4. The van der Waals surface area contributed by atoms with Gasteiger partial charge in [-0.15, -0.1) is 0 Å². The lowest BCUT2D eigenvalue weighted by Gasteiger charge is -2.60. The Morgan fingerprint density at radius 2 is 1.89 bits per heavy atom. The van der Waals surface area contributed by atoms with Crippen LogP contribution in [0.3, 0.4) is 0 Å². The summed E-state index contributed by atoms with van der Waals surface area (Å²) in [7, 11) is 3.49. The summed E-state index contributed by atoms with van der Waals surface area (Å²) in [6, 6.07) is 10.8. The molecule has 0 spiro atoms. The number of nitrogens with zero attached hydrogens (tertiary/aromatic N) is 3. The van der Waals surface area contributed by atoms with E-state index in [1.54, 1.807) is 13.8 Å². The van der Waals surface area contributed by atoms with Crippen LogP contribution >= 0.6 is 12.2 Å². The molecule has 1 amide bonds. The maximum absolute atomic E-state index is 13.8. The predicted octanol–water partition coefficient (Wildman–Crippen LogP) is 4.71.